The summed E-state index contributed by atoms with van der Waals surface area (Å²) in [5.41, 5.74) is 12.3. The Hall–Kier alpha value is -3.98. The van der Waals surface area contributed by atoms with Crippen LogP contribution in [0.3, 0.4) is 0 Å². The number of hydrogen-bond donors (Lipinski definition) is 0. The van der Waals surface area contributed by atoms with E-state index in [-0.39, 0.29) is 6.71 Å². The maximum Gasteiger partial charge on any atom is 0.251 e. The van der Waals surface area contributed by atoms with Crippen molar-refractivity contribution in [1.29, 1.82) is 0 Å². The van der Waals surface area contributed by atoms with Crippen LogP contribution in [0.15, 0.2) is 114 Å². The molecule has 3 heterocycles. The number of allylic oxidation sites excluding steroid dienone is 4. The van der Waals surface area contributed by atoms with E-state index in [0.717, 1.165) is 12.8 Å². The first-order chi connectivity index (χ1) is 16.4. The van der Waals surface area contributed by atoms with Crippen LogP contribution >= 0.6 is 0 Å². The number of rotatable bonds is 1. The molecule has 0 unspecified atom stereocenters. The highest BCUT2D eigenvalue weighted by molar-refractivity contribution is 6.95. The summed E-state index contributed by atoms with van der Waals surface area (Å²) < 4.78 is 2.51. The van der Waals surface area contributed by atoms with E-state index >= 15 is 0 Å². The third-order valence-electron chi connectivity index (χ3n) is 7.64. The van der Waals surface area contributed by atoms with E-state index in [1.165, 1.54) is 61.0 Å². The van der Waals surface area contributed by atoms with Gasteiger partial charge in [0.05, 0.1) is 5.52 Å². The van der Waals surface area contributed by atoms with Crippen molar-refractivity contribution in [2.24, 2.45) is 0 Å². The first-order valence-electron chi connectivity index (χ1n) is 11.8. The van der Waals surface area contributed by atoms with E-state index in [1.54, 1.807) is 0 Å². The largest absolute Gasteiger partial charge is 0.315 e. The summed E-state index contributed by atoms with van der Waals surface area (Å²) in [6, 6.07) is 33.5. The van der Waals surface area contributed by atoms with Gasteiger partial charge in [0.25, 0.3) is 6.71 Å². The second-order valence-electron chi connectivity index (χ2n) is 9.25. The summed E-state index contributed by atoms with van der Waals surface area (Å²) in [4.78, 5) is 2.52. The highest BCUT2D eigenvalue weighted by atomic mass is 15.2. The zero-order chi connectivity index (χ0) is 21.5. The molecule has 2 aliphatic heterocycles. The molecule has 2 nitrogen and oxygen atoms in total. The molecule has 0 radical (unpaired) electrons. The zero-order valence-corrected chi connectivity index (χ0v) is 18.2. The molecule has 0 bridgehead atoms. The maximum absolute atomic E-state index is 2.52. The molecule has 33 heavy (non-hydrogen) atoms. The van der Waals surface area contributed by atoms with Crippen molar-refractivity contribution in [1.82, 2.24) is 4.57 Å². The van der Waals surface area contributed by atoms with Gasteiger partial charge in [-0.1, -0.05) is 72.8 Å². The minimum atomic E-state index is 0.267. The quantitative estimate of drug-likeness (QED) is 0.302. The Morgan fingerprint density at radius 3 is 2.42 bits per heavy atom. The molecule has 0 saturated carbocycles. The molecule has 1 aliphatic carbocycles. The number of benzene rings is 4. The second kappa shape index (κ2) is 6.29. The third-order valence-corrected chi connectivity index (χ3v) is 7.64. The van der Waals surface area contributed by atoms with Crippen LogP contribution in [0.25, 0.3) is 27.5 Å². The Labute approximate surface area is 193 Å². The second-order valence-corrected chi connectivity index (χ2v) is 9.25. The molecule has 0 saturated heterocycles. The van der Waals surface area contributed by atoms with Crippen LogP contribution in [0.4, 0.5) is 11.4 Å². The van der Waals surface area contributed by atoms with Gasteiger partial charge in [-0.2, -0.15) is 0 Å². The summed E-state index contributed by atoms with van der Waals surface area (Å²) in [5.74, 6) is 0. The minimum Gasteiger partial charge on any atom is -0.315 e. The summed E-state index contributed by atoms with van der Waals surface area (Å²) in [7, 11) is 0. The van der Waals surface area contributed by atoms with Crippen molar-refractivity contribution in [2.75, 3.05) is 4.90 Å². The van der Waals surface area contributed by atoms with Crippen molar-refractivity contribution < 1.29 is 0 Å². The van der Waals surface area contributed by atoms with Gasteiger partial charge >= 0.3 is 0 Å². The number of anilines is 2. The van der Waals surface area contributed by atoms with E-state index in [4.69, 9.17) is 0 Å². The summed E-state index contributed by atoms with van der Waals surface area (Å²) in [6.45, 7) is 0.267. The molecule has 4 aromatic carbocycles. The van der Waals surface area contributed by atoms with Gasteiger partial charge < -0.3 is 9.47 Å². The monoisotopic (exact) mass is 420 g/mol. The first kappa shape index (κ1) is 17.6. The van der Waals surface area contributed by atoms with Gasteiger partial charge in [0, 0.05) is 39.0 Å². The van der Waals surface area contributed by atoms with Crippen molar-refractivity contribution >= 4 is 50.8 Å². The topological polar surface area (TPSA) is 8.17 Å². The normalized spacial score (nSPS) is 15.9. The predicted octanol–water partition coefficient (Wildman–Crippen LogP) is 6.00. The third kappa shape index (κ3) is 2.15. The fourth-order valence-corrected chi connectivity index (χ4v) is 6.43. The molecule has 8 rings (SSSR count). The lowest BCUT2D eigenvalue weighted by Gasteiger charge is -2.42. The van der Waals surface area contributed by atoms with Crippen molar-refractivity contribution in [3.63, 3.8) is 0 Å². The smallest absolute Gasteiger partial charge is 0.251 e. The average Bonchev–Trinajstić information content (AvgIpc) is 3.22. The van der Waals surface area contributed by atoms with Crippen molar-refractivity contribution in [3.8, 4) is 5.69 Å². The fraction of sp³-hybridized carbons (Fsp3) is 0.0667. The van der Waals surface area contributed by atoms with Crippen LogP contribution in [0, 0.1) is 0 Å². The van der Waals surface area contributed by atoms with Crippen LogP contribution in [0.2, 0.25) is 0 Å². The van der Waals surface area contributed by atoms with E-state index in [9.17, 15) is 0 Å². The van der Waals surface area contributed by atoms with E-state index in [0.29, 0.717) is 0 Å². The van der Waals surface area contributed by atoms with Crippen molar-refractivity contribution in [2.45, 2.75) is 12.8 Å². The number of aromatic nitrogens is 1. The number of fused-ring (bicyclic) bond motifs is 6. The van der Waals surface area contributed by atoms with Gasteiger partial charge in [-0.25, -0.2) is 0 Å². The van der Waals surface area contributed by atoms with Crippen LogP contribution in [-0.4, -0.2) is 11.3 Å². The van der Waals surface area contributed by atoms with Crippen molar-refractivity contribution in [3.05, 3.63) is 114 Å². The molecular formula is C30H21BN2. The number of hydrogen-bond acceptors (Lipinski definition) is 1. The molecule has 0 atom stereocenters. The summed E-state index contributed by atoms with van der Waals surface area (Å²) in [6.07, 6.45) is 6.92. The van der Waals surface area contributed by atoms with Gasteiger partial charge in [-0.3, -0.25) is 0 Å². The molecule has 154 valence electrons. The molecule has 3 heteroatoms. The average molecular weight is 420 g/mol. The lowest BCUT2D eigenvalue weighted by Crippen LogP contribution is -2.54. The SMILES string of the molecule is C1=CC2=C(CC1)N(c1ccccc1)c1cccc3c1B2c1cccc2c4ccccc4n-3c12. The molecule has 3 aliphatic rings. The van der Waals surface area contributed by atoms with Gasteiger partial charge in [0.15, 0.2) is 0 Å². The molecule has 0 amide bonds. The number of nitrogens with zero attached hydrogens (tertiary/aromatic N) is 2. The summed E-state index contributed by atoms with van der Waals surface area (Å²) in [5, 5.41) is 2.69. The van der Waals surface area contributed by atoms with Crippen LogP contribution in [0.1, 0.15) is 12.8 Å². The minimum absolute atomic E-state index is 0.267. The van der Waals surface area contributed by atoms with Crippen LogP contribution < -0.4 is 15.8 Å². The Bertz CT molecular complexity index is 1670. The Kier molecular flexibility index (Phi) is 3.35. The highest BCUT2D eigenvalue weighted by Gasteiger charge is 2.42. The molecule has 0 N–H and O–H groups in total. The van der Waals surface area contributed by atoms with E-state index < -0.39 is 0 Å². The van der Waals surface area contributed by atoms with Gasteiger partial charge in [-0.15, -0.1) is 0 Å². The molecule has 5 aromatic rings. The number of para-hydroxylation sites is 3. The maximum atomic E-state index is 2.52. The van der Waals surface area contributed by atoms with E-state index in [1.807, 2.05) is 0 Å². The highest BCUT2D eigenvalue weighted by Crippen LogP contribution is 2.43. The summed E-state index contributed by atoms with van der Waals surface area (Å²) >= 11 is 0. The van der Waals surface area contributed by atoms with Gasteiger partial charge in [-0.05, 0) is 59.6 Å². The van der Waals surface area contributed by atoms with Crippen LogP contribution in [0.5, 0.6) is 0 Å². The lowest BCUT2D eigenvalue weighted by molar-refractivity contribution is 0.907. The van der Waals surface area contributed by atoms with Gasteiger partial charge in [0.1, 0.15) is 0 Å². The zero-order valence-electron chi connectivity index (χ0n) is 18.2. The Balaban J connectivity index is 1.56. The fourth-order valence-electron chi connectivity index (χ4n) is 6.43. The lowest BCUT2D eigenvalue weighted by atomic mass is 9.33. The first-order valence-corrected chi connectivity index (χ1v) is 11.8. The van der Waals surface area contributed by atoms with E-state index in [2.05, 4.69) is 113 Å². The van der Waals surface area contributed by atoms with Crippen LogP contribution in [-0.2, 0) is 0 Å². The Morgan fingerprint density at radius 2 is 1.48 bits per heavy atom. The Morgan fingerprint density at radius 1 is 0.697 bits per heavy atom. The van der Waals surface area contributed by atoms with Gasteiger partial charge in [0.2, 0.25) is 0 Å². The standard InChI is InChI=1S/C30H21BN2/c1-2-10-20(11-3-1)32-26-17-7-5-14-23(26)31-24-15-8-13-22-21-12-4-6-16-25(21)33(30(22)24)28-19-9-18-27(32)29(28)31/h1-6,8-16,18-19H,7,17H2. The predicted molar refractivity (Wildman–Crippen MR) is 140 cm³/mol. The molecule has 0 spiro atoms. The molecule has 1 aromatic heterocycles. The molecular weight excluding hydrogens is 399 g/mol. The molecule has 0 fully saturated rings.